The first kappa shape index (κ1) is 30.3. The molecule has 0 saturated carbocycles. The van der Waals surface area contributed by atoms with Crippen LogP contribution in [0.2, 0.25) is 0 Å². The Labute approximate surface area is 309 Å². The van der Waals surface area contributed by atoms with E-state index in [9.17, 15) is 0 Å². The molecule has 0 saturated heterocycles. The van der Waals surface area contributed by atoms with Gasteiger partial charge in [-0.15, -0.1) is 0 Å². The Kier molecular flexibility index (Phi) is 7.50. The van der Waals surface area contributed by atoms with Crippen molar-refractivity contribution in [1.29, 1.82) is 0 Å². The van der Waals surface area contributed by atoms with E-state index in [0.29, 0.717) is 0 Å². The second-order valence-corrected chi connectivity index (χ2v) is 15.3. The molecule has 0 aliphatic heterocycles. The first-order valence-corrected chi connectivity index (χ1v) is 19.9. The van der Waals surface area contributed by atoms with Crippen LogP contribution < -0.4 is 0 Å². The van der Waals surface area contributed by atoms with E-state index in [1.807, 2.05) is 0 Å². The van der Waals surface area contributed by atoms with Crippen LogP contribution in [0, 0.1) is 0 Å². The Hall–Kier alpha value is -5.58. The number of hydrogen-bond donors (Lipinski definition) is 0. The summed E-state index contributed by atoms with van der Waals surface area (Å²) in [5.41, 5.74) is 15.1. The van der Waals surface area contributed by atoms with Crippen LogP contribution in [-0.2, 0) is 0 Å². The van der Waals surface area contributed by atoms with Gasteiger partial charge in [0.25, 0.3) is 0 Å². The van der Waals surface area contributed by atoms with Crippen LogP contribution in [0.1, 0.15) is 0 Å². The van der Waals surface area contributed by atoms with Gasteiger partial charge in [-0.05, 0) is 134 Å². The Morgan fingerprint density at radius 3 is 0.765 bits per heavy atom. The fraction of sp³-hybridized carbons (Fsp3) is 0. The van der Waals surface area contributed by atoms with E-state index in [4.69, 9.17) is 0 Å². The second-order valence-electron chi connectivity index (χ2n) is 13.1. The molecule has 0 radical (unpaired) electrons. The van der Waals surface area contributed by atoms with E-state index in [1.54, 1.807) is 34.0 Å². The molecule has 0 unspecified atom stereocenters. The number of hydrogen-bond acceptors (Lipinski definition) is 3. The van der Waals surface area contributed by atoms with Gasteiger partial charge in [0.05, 0.1) is 0 Å². The van der Waals surface area contributed by atoms with Gasteiger partial charge in [-0.3, -0.25) is 0 Å². The molecule has 10 rings (SSSR count). The number of fused-ring (bicyclic) bond motifs is 3. The minimum atomic E-state index is 1.23. The highest BCUT2D eigenvalue weighted by Gasteiger charge is 2.18. The van der Waals surface area contributed by atoms with E-state index in [0.717, 1.165) is 0 Å². The maximum Gasteiger partial charge on any atom is 0.000228 e. The van der Waals surface area contributed by atoms with Gasteiger partial charge < -0.3 is 0 Å². The number of rotatable bonds is 6. The Bertz CT molecular complexity index is 2550. The molecule has 0 aliphatic carbocycles. The van der Waals surface area contributed by atoms with Crippen molar-refractivity contribution in [3.05, 3.63) is 178 Å². The third-order valence-electron chi connectivity index (χ3n) is 10.0. The molecule has 7 aromatic carbocycles. The van der Waals surface area contributed by atoms with Crippen molar-refractivity contribution in [2.75, 3.05) is 0 Å². The van der Waals surface area contributed by atoms with E-state index in [2.05, 4.69) is 178 Å². The fourth-order valence-corrected chi connectivity index (χ4v) is 10.00. The molecule has 0 fully saturated rings. The Morgan fingerprint density at radius 2 is 0.471 bits per heavy atom. The molecular weight excluding hydrogens is 673 g/mol. The maximum atomic E-state index is 2.41. The highest BCUT2D eigenvalue weighted by atomic mass is 32.1. The third kappa shape index (κ3) is 5.51. The van der Waals surface area contributed by atoms with Gasteiger partial charge in [0.2, 0.25) is 0 Å². The highest BCUT2D eigenvalue weighted by Crippen LogP contribution is 2.45. The zero-order valence-electron chi connectivity index (χ0n) is 27.5. The van der Waals surface area contributed by atoms with Crippen molar-refractivity contribution in [1.82, 2.24) is 0 Å². The number of benzene rings is 7. The van der Waals surface area contributed by atoms with Crippen molar-refractivity contribution in [2.45, 2.75) is 0 Å². The van der Waals surface area contributed by atoms with Crippen LogP contribution >= 0.6 is 34.0 Å². The molecule has 0 atom stereocenters. The molecule has 10 aromatic rings. The van der Waals surface area contributed by atoms with Crippen LogP contribution in [0.4, 0.5) is 0 Å². The minimum Gasteiger partial charge on any atom is -0.151 e. The molecule has 0 N–H and O–H groups in total. The average Bonchev–Trinajstić information content (AvgIpc) is 3.99. The minimum absolute atomic E-state index is 1.23. The summed E-state index contributed by atoms with van der Waals surface area (Å²) in [5, 5.41) is 21.5. The van der Waals surface area contributed by atoms with Crippen molar-refractivity contribution < 1.29 is 0 Å². The van der Waals surface area contributed by atoms with Crippen molar-refractivity contribution in [3.8, 4) is 66.8 Å². The predicted molar refractivity (Wildman–Crippen MR) is 225 cm³/mol. The fourth-order valence-electron chi connectivity index (χ4n) is 7.40. The normalized spacial score (nSPS) is 11.5. The maximum absolute atomic E-state index is 2.41. The lowest BCUT2D eigenvalue weighted by molar-refractivity contribution is 1.61. The lowest BCUT2D eigenvalue weighted by atomic mass is 9.89. The monoisotopic (exact) mass is 702 g/mol. The van der Waals surface area contributed by atoms with Gasteiger partial charge in [0.1, 0.15) is 0 Å². The van der Waals surface area contributed by atoms with Crippen molar-refractivity contribution in [2.24, 2.45) is 0 Å². The molecule has 0 bridgehead atoms. The summed E-state index contributed by atoms with van der Waals surface area (Å²) in [6, 6.07) is 53.6. The van der Waals surface area contributed by atoms with E-state index >= 15 is 0 Å². The molecule has 240 valence electrons. The van der Waals surface area contributed by atoms with Crippen molar-refractivity contribution in [3.63, 3.8) is 0 Å². The molecule has 51 heavy (non-hydrogen) atoms. The molecule has 3 heterocycles. The average molecular weight is 703 g/mol. The second kappa shape index (κ2) is 12.6. The Morgan fingerprint density at radius 1 is 0.216 bits per heavy atom. The van der Waals surface area contributed by atoms with Gasteiger partial charge in [-0.2, -0.15) is 34.0 Å². The Balaban J connectivity index is 1.16. The first-order valence-electron chi connectivity index (χ1n) is 17.1. The lowest BCUT2D eigenvalue weighted by Crippen LogP contribution is -1.88. The molecule has 0 nitrogen and oxygen atoms in total. The first-order chi connectivity index (χ1) is 25.2. The van der Waals surface area contributed by atoms with Gasteiger partial charge in [0.15, 0.2) is 0 Å². The molecule has 0 spiro atoms. The van der Waals surface area contributed by atoms with Crippen LogP contribution in [0.25, 0.3) is 99.1 Å². The standard InChI is InChI=1S/C48H30S3/c1-4-10-34-19-37(16-13-31(34)7-1)43-25-49-28-46(43)40-22-41(47-29-50-26-44(47)38-17-14-32-8-2-5-11-35(32)20-38)24-42(23-40)48-30-51-27-45(48)39-18-15-33-9-3-6-12-36(33)21-39/h1-30H. The van der Waals surface area contributed by atoms with Crippen molar-refractivity contribution >= 4 is 66.3 Å². The largest absolute Gasteiger partial charge is 0.151 e. The SMILES string of the molecule is c1ccc2cc(-c3cscc3-c3cc(-c4cscc4-c4ccc5ccccc5c4)cc(-c4cscc4-c4ccc5ccccc5c4)c3)ccc2c1. The van der Waals surface area contributed by atoms with Gasteiger partial charge in [-0.1, -0.05) is 109 Å². The zero-order chi connectivity index (χ0) is 33.7. The van der Waals surface area contributed by atoms with Gasteiger partial charge >= 0.3 is 0 Å². The van der Waals surface area contributed by atoms with E-state index in [-0.39, 0.29) is 0 Å². The topological polar surface area (TPSA) is 0 Å². The van der Waals surface area contributed by atoms with Crippen LogP contribution in [0.3, 0.4) is 0 Å². The van der Waals surface area contributed by atoms with Gasteiger partial charge in [0, 0.05) is 33.4 Å². The summed E-state index contributed by atoms with van der Waals surface area (Å²) < 4.78 is 0. The number of thiophene rings is 3. The van der Waals surface area contributed by atoms with E-state index < -0.39 is 0 Å². The van der Waals surface area contributed by atoms with Gasteiger partial charge in [-0.25, -0.2) is 0 Å². The molecule has 0 amide bonds. The smallest absolute Gasteiger partial charge is 0.000228 e. The summed E-state index contributed by atoms with van der Waals surface area (Å²) in [4.78, 5) is 0. The lowest BCUT2D eigenvalue weighted by Gasteiger charge is -2.14. The molecule has 0 aliphatic rings. The summed E-state index contributed by atoms with van der Waals surface area (Å²) in [7, 11) is 0. The summed E-state index contributed by atoms with van der Waals surface area (Å²) in [6.07, 6.45) is 0. The predicted octanol–water partition coefficient (Wildman–Crippen LogP) is 15.3. The zero-order valence-corrected chi connectivity index (χ0v) is 30.0. The van der Waals surface area contributed by atoms with E-state index in [1.165, 1.54) is 99.1 Å². The highest BCUT2D eigenvalue weighted by molar-refractivity contribution is 7.09. The summed E-state index contributed by atoms with van der Waals surface area (Å²) in [5.74, 6) is 0. The quantitative estimate of drug-likeness (QED) is 0.162. The van der Waals surface area contributed by atoms with Crippen LogP contribution in [0.15, 0.2) is 178 Å². The third-order valence-corrected chi connectivity index (χ3v) is 12.3. The molecular formula is C48H30S3. The van der Waals surface area contributed by atoms with Crippen LogP contribution in [0.5, 0.6) is 0 Å². The summed E-state index contributed by atoms with van der Waals surface area (Å²) >= 11 is 5.32. The summed E-state index contributed by atoms with van der Waals surface area (Å²) in [6.45, 7) is 0. The molecule has 3 heteroatoms. The van der Waals surface area contributed by atoms with Crippen LogP contribution in [-0.4, -0.2) is 0 Å². The molecule has 3 aromatic heterocycles.